The molecule has 21 heavy (non-hydrogen) atoms. The van der Waals surface area contributed by atoms with E-state index in [0.717, 1.165) is 4.47 Å². The first-order valence-electron chi connectivity index (χ1n) is 7.04. The molecule has 6 heteroatoms. The van der Waals surface area contributed by atoms with E-state index in [-0.39, 0.29) is 18.4 Å². The summed E-state index contributed by atoms with van der Waals surface area (Å²) < 4.78 is 6.45. The van der Waals surface area contributed by atoms with E-state index in [1.807, 2.05) is 31.2 Å². The maximum atomic E-state index is 12.1. The number of piperazine rings is 1. The fourth-order valence-corrected chi connectivity index (χ4v) is 2.46. The number of halogens is 1. The number of amides is 2. The lowest BCUT2D eigenvalue weighted by Crippen LogP contribution is -2.51. The van der Waals surface area contributed by atoms with Gasteiger partial charge in [0.1, 0.15) is 5.75 Å². The van der Waals surface area contributed by atoms with Crippen LogP contribution in [0.3, 0.4) is 0 Å². The number of ether oxygens (including phenoxy) is 1. The Bertz CT molecular complexity index is 496. The van der Waals surface area contributed by atoms with E-state index in [1.165, 1.54) is 0 Å². The van der Waals surface area contributed by atoms with Crippen LogP contribution in [0.5, 0.6) is 5.75 Å². The Morgan fingerprint density at radius 3 is 2.10 bits per heavy atom. The topological polar surface area (TPSA) is 49.9 Å². The summed E-state index contributed by atoms with van der Waals surface area (Å²) in [5.74, 6) is 0.779. The third kappa shape index (κ3) is 4.46. The minimum absolute atomic E-state index is 0.0311. The van der Waals surface area contributed by atoms with Crippen molar-refractivity contribution >= 4 is 27.7 Å². The standard InChI is InChI=1S/C15H19BrN2O3/c1-2-14(19)17-7-9-18(10-8-17)15(20)11-21-13-5-3-12(16)4-6-13/h3-6H,2,7-11H2,1H3. The zero-order valence-electron chi connectivity index (χ0n) is 12.0. The second kappa shape index (κ2) is 7.45. The number of carbonyl (C=O) groups is 2. The molecule has 0 spiro atoms. The van der Waals surface area contributed by atoms with E-state index in [1.54, 1.807) is 9.80 Å². The molecule has 5 nitrogen and oxygen atoms in total. The summed E-state index contributed by atoms with van der Waals surface area (Å²) >= 11 is 3.35. The molecule has 2 rings (SSSR count). The van der Waals surface area contributed by atoms with Gasteiger partial charge in [0.15, 0.2) is 6.61 Å². The Morgan fingerprint density at radius 2 is 1.57 bits per heavy atom. The molecule has 0 radical (unpaired) electrons. The van der Waals surface area contributed by atoms with Crippen molar-refractivity contribution in [3.63, 3.8) is 0 Å². The van der Waals surface area contributed by atoms with Crippen molar-refractivity contribution in [2.24, 2.45) is 0 Å². The Labute approximate surface area is 133 Å². The zero-order valence-corrected chi connectivity index (χ0v) is 13.6. The van der Waals surface area contributed by atoms with Crippen molar-refractivity contribution in [3.8, 4) is 5.75 Å². The molecule has 1 saturated heterocycles. The molecule has 2 amide bonds. The van der Waals surface area contributed by atoms with E-state index in [9.17, 15) is 9.59 Å². The first-order valence-corrected chi connectivity index (χ1v) is 7.83. The van der Waals surface area contributed by atoms with Gasteiger partial charge in [0.2, 0.25) is 5.91 Å². The largest absolute Gasteiger partial charge is 0.484 e. The van der Waals surface area contributed by atoms with Crippen LogP contribution in [0.1, 0.15) is 13.3 Å². The maximum Gasteiger partial charge on any atom is 0.260 e. The van der Waals surface area contributed by atoms with Crippen LogP contribution < -0.4 is 4.74 Å². The fourth-order valence-electron chi connectivity index (χ4n) is 2.20. The molecule has 0 unspecified atom stereocenters. The second-order valence-electron chi connectivity index (χ2n) is 4.86. The number of rotatable bonds is 4. The number of nitrogens with zero attached hydrogens (tertiary/aromatic N) is 2. The lowest BCUT2D eigenvalue weighted by atomic mass is 10.3. The van der Waals surface area contributed by atoms with Crippen molar-refractivity contribution in [1.29, 1.82) is 0 Å². The van der Waals surface area contributed by atoms with Gasteiger partial charge >= 0.3 is 0 Å². The number of carbonyl (C=O) groups excluding carboxylic acids is 2. The summed E-state index contributed by atoms with van der Waals surface area (Å²) in [4.78, 5) is 27.2. The molecule has 0 saturated carbocycles. The van der Waals surface area contributed by atoms with Crippen LogP contribution in [0.15, 0.2) is 28.7 Å². The molecule has 114 valence electrons. The Morgan fingerprint density at radius 1 is 1.05 bits per heavy atom. The summed E-state index contributed by atoms with van der Waals surface area (Å²) in [5, 5.41) is 0. The third-order valence-corrected chi connectivity index (χ3v) is 3.99. The summed E-state index contributed by atoms with van der Waals surface area (Å²) in [6, 6.07) is 7.37. The molecule has 1 heterocycles. The van der Waals surface area contributed by atoms with Crippen molar-refractivity contribution in [3.05, 3.63) is 28.7 Å². The first-order chi connectivity index (χ1) is 10.1. The maximum absolute atomic E-state index is 12.1. The molecule has 0 aliphatic carbocycles. The minimum atomic E-state index is -0.0403. The highest BCUT2D eigenvalue weighted by molar-refractivity contribution is 9.10. The average Bonchev–Trinajstić information content (AvgIpc) is 2.53. The smallest absolute Gasteiger partial charge is 0.260 e. The first kappa shape index (κ1) is 15.8. The normalized spacial score (nSPS) is 15.0. The molecule has 0 atom stereocenters. The van der Waals surface area contributed by atoms with E-state index >= 15 is 0 Å². The highest BCUT2D eigenvalue weighted by Crippen LogP contribution is 2.16. The summed E-state index contributed by atoms with van der Waals surface area (Å²) in [6.45, 7) is 4.26. The van der Waals surface area contributed by atoms with Crippen molar-refractivity contribution in [2.45, 2.75) is 13.3 Å². The lowest BCUT2D eigenvalue weighted by Gasteiger charge is -2.34. The third-order valence-electron chi connectivity index (χ3n) is 3.46. The van der Waals surface area contributed by atoms with Crippen molar-refractivity contribution in [2.75, 3.05) is 32.8 Å². The van der Waals surface area contributed by atoms with Gasteiger partial charge in [-0.1, -0.05) is 22.9 Å². The molecule has 0 bridgehead atoms. The van der Waals surface area contributed by atoms with Gasteiger partial charge in [-0.3, -0.25) is 9.59 Å². The Balaban J connectivity index is 1.77. The van der Waals surface area contributed by atoms with E-state index < -0.39 is 0 Å². The SMILES string of the molecule is CCC(=O)N1CCN(C(=O)COc2ccc(Br)cc2)CC1. The monoisotopic (exact) mass is 354 g/mol. The van der Waals surface area contributed by atoms with Crippen LogP contribution in [0.4, 0.5) is 0 Å². The molecule has 1 aliphatic heterocycles. The second-order valence-corrected chi connectivity index (χ2v) is 5.77. The molecule has 0 aromatic heterocycles. The number of hydrogen-bond donors (Lipinski definition) is 0. The Hall–Kier alpha value is -1.56. The molecular weight excluding hydrogens is 336 g/mol. The van der Waals surface area contributed by atoms with Crippen LogP contribution in [-0.4, -0.2) is 54.4 Å². The zero-order chi connectivity index (χ0) is 15.2. The molecular formula is C15H19BrN2O3. The highest BCUT2D eigenvalue weighted by atomic mass is 79.9. The van der Waals surface area contributed by atoms with Gasteiger partial charge in [-0.15, -0.1) is 0 Å². The predicted octanol–water partition coefficient (Wildman–Crippen LogP) is 1.91. The lowest BCUT2D eigenvalue weighted by molar-refractivity contribution is -0.140. The van der Waals surface area contributed by atoms with Gasteiger partial charge in [-0.05, 0) is 24.3 Å². The molecule has 1 aromatic rings. The molecule has 1 aromatic carbocycles. The van der Waals surface area contributed by atoms with Crippen LogP contribution in [0.2, 0.25) is 0 Å². The van der Waals surface area contributed by atoms with E-state index in [2.05, 4.69) is 15.9 Å². The fraction of sp³-hybridized carbons (Fsp3) is 0.467. The quantitative estimate of drug-likeness (QED) is 0.829. The molecule has 0 N–H and O–H groups in total. The van der Waals surface area contributed by atoms with Gasteiger partial charge in [0, 0.05) is 37.1 Å². The van der Waals surface area contributed by atoms with Crippen molar-refractivity contribution < 1.29 is 14.3 Å². The minimum Gasteiger partial charge on any atom is -0.484 e. The highest BCUT2D eigenvalue weighted by Gasteiger charge is 2.23. The average molecular weight is 355 g/mol. The van der Waals surface area contributed by atoms with Crippen LogP contribution >= 0.6 is 15.9 Å². The summed E-state index contributed by atoms with van der Waals surface area (Å²) in [5.41, 5.74) is 0. The van der Waals surface area contributed by atoms with Gasteiger partial charge in [-0.25, -0.2) is 0 Å². The van der Waals surface area contributed by atoms with E-state index in [4.69, 9.17) is 4.74 Å². The van der Waals surface area contributed by atoms with E-state index in [0.29, 0.717) is 38.3 Å². The van der Waals surface area contributed by atoms with Crippen LogP contribution in [0.25, 0.3) is 0 Å². The van der Waals surface area contributed by atoms with Crippen LogP contribution in [0, 0.1) is 0 Å². The van der Waals surface area contributed by atoms with Gasteiger partial charge in [0.25, 0.3) is 5.91 Å². The summed E-state index contributed by atoms with van der Waals surface area (Å²) in [6.07, 6.45) is 0.515. The number of hydrogen-bond acceptors (Lipinski definition) is 3. The van der Waals surface area contributed by atoms with Crippen molar-refractivity contribution in [1.82, 2.24) is 9.80 Å². The predicted molar refractivity (Wildman–Crippen MR) is 83.1 cm³/mol. The summed E-state index contributed by atoms with van der Waals surface area (Å²) in [7, 11) is 0. The van der Waals surface area contributed by atoms with Gasteiger partial charge in [0.05, 0.1) is 0 Å². The number of benzene rings is 1. The van der Waals surface area contributed by atoms with Gasteiger partial charge < -0.3 is 14.5 Å². The molecule has 1 fully saturated rings. The molecule has 1 aliphatic rings. The Kier molecular flexibility index (Phi) is 5.61. The van der Waals surface area contributed by atoms with Gasteiger partial charge in [-0.2, -0.15) is 0 Å². The van der Waals surface area contributed by atoms with Crippen LogP contribution in [-0.2, 0) is 9.59 Å².